The van der Waals surface area contributed by atoms with E-state index in [0.29, 0.717) is 5.75 Å². The first kappa shape index (κ1) is 12.3. The zero-order valence-electron chi connectivity index (χ0n) is 10.5. The molecule has 0 aliphatic rings. The predicted molar refractivity (Wildman–Crippen MR) is 74.9 cm³/mol. The van der Waals surface area contributed by atoms with Gasteiger partial charge in [0.2, 0.25) is 0 Å². The minimum Gasteiger partial charge on any atom is -0.459 e. The lowest BCUT2D eigenvalue weighted by Gasteiger charge is -2.07. The van der Waals surface area contributed by atoms with Crippen LogP contribution in [0.15, 0.2) is 46.2 Å². The van der Waals surface area contributed by atoms with Crippen molar-refractivity contribution in [2.75, 3.05) is 5.75 Å². The van der Waals surface area contributed by atoms with Gasteiger partial charge in [-0.25, -0.2) is 0 Å². The Balaban J connectivity index is 1.73. The van der Waals surface area contributed by atoms with E-state index in [9.17, 15) is 0 Å². The SMILES string of the molecule is Cn1cnnc1SCC(N)c1cc2ccccc2o1. The fourth-order valence-electron chi connectivity index (χ4n) is 1.83. The smallest absolute Gasteiger partial charge is 0.190 e. The van der Waals surface area contributed by atoms with Crippen molar-refractivity contribution in [3.8, 4) is 0 Å². The Bertz CT molecular complexity index is 658. The summed E-state index contributed by atoms with van der Waals surface area (Å²) in [5.41, 5.74) is 7.03. The average Bonchev–Trinajstić information content (AvgIpc) is 3.01. The summed E-state index contributed by atoms with van der Waals surface area (Å²) in [6, 6.07) is 9.74. The average molecular weight is 274 g/mol. The summed E-state index contributed by atoms with van der Waals surface area (Å²) in [5.74, 6) is 1.50. The number of hydrogen-bond donors (Lipinski definition) is 1. The van der Waals surface area contributed by atoms with Crippen LogP contribution < -0.4 is 5.73 Å². The summed E-state index contributed by atoms with van der Waals surface area (Å²) >= 11 is 1.57. The second-order valence-electron chi connectivity index (χ2n) is 4.33. The number of benzene rings is 1. The Hall–Kier alpha value is -1.79. The third-order valence-corrected chi connectivity index (χ3v) is 4.03. The van der Waals surface area contributed by atoms with E-state index < -0.39 is 0 Å². The number of nitrogens with zero attached hydrogens (tertiary/aromatic N) is 3. The van der Waals surface area contributed by atoms with Crippen molar-refractivity contribution in [2.45, 2.75) is 11.2 Å². The Morgan fingerprint density at radius 1 is 1.42 bits per heavy atom. The van der Waals surface area contributed by atoms with Gasteiger partial charge in [-0.2, -0.15) is 0 Å². The van der Waals surface area contributed by atoms with Gasteiger partial charge in [-0.05, 0) is 12.1 Å². The summed E-state index contributed by atoms with van der Waals surface area (Å²) in [5, 5.41) is 9.78. The molecule has 0 fully saturated rings. The molecule has 3 aromatic rings. The van der Waals surface area contributed by atoms with Gasteiger partial charge in [0.05, 0.1) is 6.04 Å². The molecule has 2 aromatic heterocycles. The highest BCUT2D eigenvalue weighted by atomic mass is 32.2. The van der Waals surface area contributed by atoms with Crippen LogP contribution in [0.3, 0.4) is 0 Å². The molecule has 2 N–H and O–H groups in total. The monoisotopic (exact) mass is 274 g/mol. The minimum atomic E-state index is -0.158. The highest BCUT2D eigenvalue weighted by molar-refractivity contribution is 7.99. The van der Waals surface area contributed by atoms with Gasteiger partial charge in [-0.3, -0.25) is 0 Å². The lowest BCUT2D eigenvalue weighted by molar-refractivity contribution is 0.516. The van der Waals surface area contributed by atoms with Gasteiger partial charge in [0.1, 0.15) is 17.7 Å². The van der Waals surface area contributed by atoms with E-state index in [1.165, 1.54) is 0 Å². The summed E-state index contributed by atoms with van der Waals surface area (Å²) < 4.78 is 7.62. The molecule has 1 atom stereocenters. The van der Waals surface area contributed by atoms with Gasteiger partial charge in [-0.1, -0.05) is 30.0 Å². The minimum absolute atomic E-state index is 0.158. The molecular formula is C13H14N4OS. The number of thioether (sulfide) groups is 1. The second kappa shape index (κ2) is 5.07. The summed E-state index contributed by atoms with van der Waals surface area (Å²) in [7, 11) is 1.91. The number of hydrogen-bond acceptors (Lipinski definition) is 5. The van der Waals surface area contributed by atoms with Crippen LogP contribution in [0.5, 0.6) is 0 Å². The van der Waals surface area contributed by atoms with E-state index in [0.717, 1.165) is 21.9 Å². The molecule has 98 valence electrons. The predicted octanol–water partition coefficient (Wildman–Crippen LogP) is 2.35. The first-order valence-electron chi connectivity index (χ1n) is 5.95. The zero-order valence-corrected chi connectivity index (χ0v) is 11.3. The van der Waals surface area contributed by atoms with E-state index in [4.69, 9.17) is 10.2 Å². The quantitative estimate of drug-likeness (QED) is 0.739. The standard InChI is InChI=1S/C13H14N4OS/c1-17-8-15-16-13(17)19-7-10(14)12-6-9-4-2-3-5-11(9)18-12/h2-6,8,10H,7,14H2,1H3. The van der Waals surface area contributed by atoms with Crippen molar-refractivity contribution in [1.29, 1.82) is 0 Å². The molecule has 6 heteroatoms. The highest BCUT2D eigenvalue weighted by Crippen LogP contribution is 2.26. The molecule has 1 aromatic carbocycles. The molecule has 0 bridgehead atoms. The van der Waals surface area contributed by atoms with Crippen LogP contribution in [0.1, 0.15) is 11.8 Å². The van der Waals surface area contributed by atoms with Crippen molar-refractivity contribution in [2.24, 2.45) is 12.8 Å². The zero-order chi connectivity index (χ0) is 13.2. The normalized spacial score (nSPS) is 12.9. The maximum atomic E-state index is 6.15. The first-order valence-corrected chi connectivity index (χ1v) is 6.93. The fraction of sp³-hybridized carbons (Fsp3) is 0.231. The lowest BCUT2D eigenvalue weighted by Crippen LogP contribution is -2.12. The van der Waals surface area contributed by atoms with Gasteiger partial charge in [-0.15, -0.1) is 10.2 Å². The highest BCUT2D eigenvalue weighted by Gasteiger charge is 2.13. The van der Waals surface area contributed by atoms with Crippen molar-refractivity contribution in [1.82, 2.24) is 14.8 Å². The summed E-state index contributed by atoms with van der Waals surface area (Å²) in [4.78, 5) is 0. The van der Waals surface area contributed by atoms with Crippen LogP contribution in [0, 0.1) is 0 Å². The van der Waals surface area contributed by atoms with Crippen LogP contribution in [0.25, 0.3) is 11.0 Å². The summed E-state index contributed by atoms with van der Waals surface area (Å²) in [6.07, 6.45) is 1.68. The third-order valence-electron chi connectivity index (χ3n) is 2.87. The molecule has 0 radical (unpaired) electrons. The largest absolute Gasteiger partial charge is 0.459 e. The topological polar surface area (TPSA) is 69.9 Å². The molecule has 0 aliphatic carbocycles. The summed E-state index contributed by atoms with van der Waals surface area (Å²) in [6.45, 7) is 0. The second-order valence-corrected chi connectivity index (χ2v) is 5.32. The lowest BCUT2D eigenvalue weighted by atomic mass is 10.2. The van der Waals surface area contributed by atoms with Crippen LogP contribution in [0.2, 0.25) is 0 Å². The maximum absolute atomic E-state index is 6.15. The number of furan rings is 1. The van der Waals surface area contributed by atoms with Gasteiger partial charge in [0, 0.05) is 18.2 Å². The molecule has 0 saturated heterocycles. The van der Waals surface area contributed by atoms with Crippen LogP contribution in [-0.2, 0) is 7.05 Å². The van der Waals surface area contributed by atoms with Crippen molar-refractivity contribution < 1.29 is 4.42 Å². The number of aryl methyl sites for hydroxylation is 1. The van der Waals surface area contributed by atoms with Gasteiger partial charge < -0.3 is 14.7 Å². The van der Waals surface area contributed by atoms with Gasteiger partial charge in [0.25, 0.3) is 0 Å². The number of fused-ring (bicyclic) bond motifs is 1. The van der Waals surface area contributed by atoms with Crippen LogP contribution >= 0.6 is 11.8 Å². The van der Waals surface area contributed by atoms with Gasteiger partial charge in [0.15, 0.2) is 5.16 Å². The van der Waals surface area contributed by atoms with Crippen LogP contribution in [0.4, 0.5) is 0 Å². The molecule has 0 aliphatic heterocycles. The maximum Gasteiger partial charge on any atom is 0.190 e. The Morgan fingerprint density at radius 3 is 3.00 bits per heavy atom. The van der Waals surface area contributed by atoms with Crippen molar-refractivity contribution in [3.63, 3.8) is 0 Å². The van der Waals surface area contributed by atoms with Gasteiger partial charge >= 0.3 is 0 Å². The van der Waals surface area contributed by atoms with E-state index in [2.05, 4.69) is 10.2 Å². The van der Waals surface area contributed by atoms with E-state index in [-0.39, 0.29) is 6.04 Å². The third kappa shape index (κ3) is 2.50. The van der Waals surface area contributed by atoms with Crippen molar-refractivity contribution in [3.05, 3.63) is 42.4 Å². The number of nitrogens with two attached hydrogens (primary N) is 1. The molecule has 1 unspecified atom stereocenters. The number of para-hydroxylation sites is 1. The number of rotatable bonds is 4. The molecule has 0 spiro atoms. The molecule has 3 rings (SSSR count). The fourth-order valence-corrected chi connectivity index (χ4v) is 2.68. The van der Waals surface area contributed by atoms with E-state index in [1.807, 2.05) is 41.9 Å². The Morgan fingerprint density at radius 2 is 2.26 bits per heavy atom. The van der Waals surface area contributed by atoms with E-state index >= 15 is 0 Å². The first-order chi connectivity index (χ1) is 9.24. The molecule has 0 saturated carbocycles. The molecule has 0 amide bonds. The molecule has 19 heavy (non-hydrogen) atoms. The molecular weight excluding hydrogens is 260 g/mol. The van der Waals surface area contributed by atoms with E-state index in [1.54, 1.807) is 18.1 Å². The van der Waals surface area contributed by atoms with Crippen LogP contribution in [-0.4, -0.2) is 20.5 Å². The molecule has 5 nitrogen and oxygen atoms in total. The molecule has 2 heterocycles. The Labute approximate surface area is 114 Å². The van der Waals surface area contributed by atoms with Crippen molar-refractivity contribution >= 4 is 22.7 Å². The Kier molecular flexibility index (Phi) is 3.27. The number of aromatic nitrogens is 3.